The molecule has 12 heteroatoms. The third-order valence-corrected chi connectivity index (χ3v) is 3.45. The molecular weight excluding hydrogens is 338 g/mol. The maximum atomic E-state index is 11.2. The first-order chi connectivity index (χ1) is 11.6. The van der Waals surface area contributed by atoms with Crippen LogP contribution in [-0.4, -0.2) is 105 Å². The van der Waals surface area contributed by atoms with Gasteiger partial charge in [-0.2, -0.15) is 0 Å². The van der Waals surface area contributed by atoms with E-state index in [4.69, 9.17) is 16.2 Å². The van der Waals surface area contributed by atoms with Crippen LogP contribution in [0, 0.1) is 5.41 Å². The molecule has 0 radical (unpaired) electrons. The molecule has 11 N–H and O–H groups in total. The van der Waals surface area contributed by atoms with Gasteiger partial charge < -0.3 is 41.7 Å². The number of aliphatic hydroxyl groups is 5. The molecule has 25 heavy (non-hydrogen) atoms. The van der Waals surface area contributed by atoms with Crippen LogP contribution < -0.4 is 16.5 Å². The van der Waals surface area contributed by atoms with E-state index in [0.717, 1.165) is 0 Å². The molecule has 0 aliphatic carbocycles. The number of nitrogens with one attached hydrogen (secondary N) is 3. The molecule has 0 aromatic heterocycles. The van der Waals surface area contributed by atoms with Gasteiger partial charge in [0, 0.05) is 20.1 Å². The SMILES string of the molecule is CN(C[C@H](O)[C@@H](O)[C@H](O)[C@H](O)CO)N[C@@H](CCCNC(=N)N)C(=O)O. The van der Waals surface area contributed by atoms with Crippen molar-refractivity contribution in [3.63, 3.8) is 0 Å². The molecule has 12 nitrogen and oxygen atoms in total. The number of carboxylic acids is 1. The third kappa shape index (κ3) is 9.50. The predicted molar refractivity (Wildman–Crippen MR) is 87.5 cm³/mol. The van der Waals surface area contributed by atoms with Crippen molar-refractivity contribution >= 4 is 11.9 Å². The van der Waals surface area contributed by atoms with Crippen LogP contribution in [0.5, 0.6) is 0 Å². The van der Waals surface area contributed by atoms with Gasteiger partial charge in [0.2, 0.25) is 0 Å². The fourth-order valence-electron chi connectivity index (χ4n) is 2.04. The summed E-state index contributed by atoms with van der Waals surface area (Å²) in [5, 5.41) is 67.0. The highest BCUT2D eigenvalue weighted by Crippen LogP contribution is 2.06. The van der Waals surface area contributed by atoms with Gasteiger partial charge in [-0.3, -0.25) is 10.2 Å². The minimum absolute atomic E-state index is 0.210. The fraction of sp³-hybridized carbons (Fsp3) is 0.846. The lowest BCUT2D eigenvalue weighted by molar-refractivity contribution is -0.142. The van der Waals surface area contributed by atoms with E-state index in [0.29, 0.717) is 13.0 Å². The Morgan fingerprint density at radius 1 is 1.20 bits per heavy atom. The van der Waals surface area contributed by atoms with E-state index in [1.165, 1.54) is 12.1 Å². The quantitative estimate of drug-likeness (QED) is 0.0648. The normalized spacial score (nSPS) is 17.6. The van der Waals surface area contributed by atoms with Crippen LogP contribution in [0.25, 0.3) is 0 Å². The Morgan fingerprint density at radius 3 is 2.24 bits per heavy atom. The Kier molecular flexibility index (Phi) is 11.2. The van der Waals surface area contributed by atoms with Crippen LogP contribution in [0.15, 0.2) is 0 Å². The van der Waals surface area contributed by atoms with Gasteiger partial charge in [-0.1, -0.05) is 0 Å². The zero-order chi connectivity index (χ0) is 19.6. The molecule has 0 unspecified atom stereocenters. The Bertz CT molecular complexity index is 414. The molecule has 0 spiro atoms. The smallest absolute Gasteiger partial charge is 0.322 e. The highest BCUT2D eigenvalue weighted by Gasteiger charge is 2.31. The van der Waals surface area contributed by atoms with Crippen molar-refractivity contribution < 1.29 is 35.4 Å². The van der Waals surface area contributed by atoms with Gasteiger partial charge in [0.15, 0.2) is 5.96 Å². The average Bonchev–Trinajstić information content (AvgIpc) is 2.54. The lowest BCUT2D eigenvalue weighted by atomic mass is 10.0. The van der Waals surface area contributed by atoms with E-state index in [-0.39, 0.29) is 18.9 Å². The molecular formula is C13H29N5O7. The Labute approximate surface area is 145 Å². The Balaban J connectivity index is 4.43. The summed E-state index contributed by atoms with van der Waals surface area (Å²) >= 11 is 0. The monoisotopic (exact) mass is 367 g/mol. The summed E-state index contributed by atoms with van der Waals surface area (Å²) < 4.78 is 0. The van der Waals surface area contributed by atoms with Crippen molar-refractivity contribution in [1.82, 2.24) is 15.8 Å². The molecule has 0 aliphatic rings. The van der Waals surface area contributed by atoms with Gasteiger partial charge in [-0.05, 0) is 12.8 Å². The van der Waals surface area contributed by atoms with E-state index < -0.39 is 43.0 Å². The fourth-order valence-corrected chi connectivity index (χ4v) is 2.04. The first-order valence-electron chi connectivity index (χ1n) is 7.71. The van der Waals surface area contributed by atoms with Gasteiger partial charge >= 0.3 is 5.97 Å². The summed E-state index contributed by atoms with van der Waals surface area (Å²) in [6.45, 7) is -0.697. The number of carboxylic acid groups (broad SMARTS) is 1. The van der Waals surface area contributed by atoms with E-state index in [1.54, 1.807) is 0 Å². The molecule has 0 heterocycles. The van der Waals surface area contributed by atoms with E-state index in [2.05, 4.69) is 10.7 Å². The average molecular weight is 367 g/mol. The van der Waals surface area contributed by atoms with Crippen LogP contribution in [-0.2, 0) is 4.79 Å². The second kappa shape index (κ2) is 11.9. The van der Waals surface area contributed by atoms with Crippen LogP contribution >= 0.6 is 0 Å². The highest BCUT2D eigenvalue weighted by molar-refractivity contribution is 5.74. The van der Waals surface area contributed by atoms with Crippen molar-refractivity contribution in [2.45, 2.75) is 43.3 Å². The van der Waals surface area contributed by atoms with Crippen LogP contribution in [0.4, 0.5) is 0 Å². The molecule has 0 saturated heterocycles. The van der Waals surface area contributed by atoms with Crippen molar-refractivity contribution in [3.05, 3.63) is 0 Å². The topological polar surface area (TPSA) is 216 Å². The second-order valence-electron chi connectivity index (χ2n) is 5.68. The predicted octanol–water partition coefficient (Wildman–Crippen LogP) is -4.42. The van der Waals surface area contributed by atoms with Gasteiger partial charge in [0.25, 0.3) is 0 Å². The number of guanidine groups is 1. The summed E-state index contributed by atoms with van der Waals surface area (Å²) in [4.78, 5) is 11.2. The number of hydrazine groups is 1. The summed E-state index contributed by atoms with van der Waals surface area (Å²) in [6, 6.07) is -0.976. The Morgan fingerprint density at radius 2 is 1.76 bits per heavy atom. The van der Waals surface area contributed by atoms with Crippen molar-refractivity contribution in [1.29, 1.82) is 5.41 Å². The number of rotatable bonds is 13. The minimum Gasteiger partial charge on any atom is -0.480 e. The van der Waals surface area contributed by atoms with Crippen LogP contribution in [0.3, 0.4) is 0 Å². The molecule has 5 atom stereocenters. The number of hydrogen-bond donors (Lipinski definition) is 10. The molecule has 0 aliphatic heterocycles. The zero-order valence-corrected chi connectivity index (χ0v) is 14.0. The third-order valence-electron chi connectivity index (χ3n) is 3.45. The van der Waals surface area contributed by atoms with Gasteiger partial charge in [-0.25, -0.2) is 10.4 Å². The number of nitrogens with two attached hydrogens (primary N) is 1. The Hall–Kier alpha value is -1.54. The molecule has 0 aromatic carbocycles. The van der Waals surface area contributed by atoms with Crippen LogP contribution in [0.1, 0.15) is 12.8 Å². The van der Waals surface area contributed by atoms with Gasteiger partial charge in [-0.15, -0.1) is 0 Å². The summed E-state index contributed by atoms with van der Waals surface area (Å²) in [5.74, 6) is -1.34. The molecule has 0 rings (SSSR count). The summed E-state index contributed by atoms with van der Waals surface area (Å²) in [6.07, 6.45) is -5.95. The first kappa shape index (κ1) is 23.5. The molecule has 0 fully saturated rings. The number of nitrogens with zero attached hydrogens (tertiary/aromatic N) is 1. The van der Waals surface area contributed by atoms with E-state index >= 15 is 0 Å². The van der Waals surface area contributed by atoms with E-state index in [9.17, 15) is 30.3 Å². The zero-order valence-electron chi connectivity index (χ0n) is 14.0. The first-order valence-corrected chi connectivity index (χ1v) is 7.71. The standard InChI is InChI=1S/C13H29N5O7/c1-18(5-8(20)10(22)11(23)9(21)6-19)17-7(12(24)25)3-2-4-16-13(14)15/h7-11,17,19-23H,2-6H2,1H3,(H,24,25)(H4,14,15,16)/t7-,8-,9+,10+,11+/m0/s1. The van der Waals surface area contributed by atoms with Crippen molar-refractivity contribution in [3.8, 4) is 0 Å². The summed E-state index contributed by atoms with van der Waals surface area (Å²) in [7, 11) is 1.44. The molecule has 0 aromatic rings. The maximum absolute atomic E-state index is 11.2. The summed E-state index contributed by atoms with van der Waals surface area (Å²) in [5.41, 5.74) is 7.74. The lowest BCUT2D eigenvalue weighted by Gasteiger charge is -2.30. The molecule has 148 valence electrons. The molecule has 0 bridgehead atoms. The highest BCUT2D eigenvalue weighted by atomic mass is 16.4. The van der Waals surface area contributed by atoms with Crippen molar-refractivity contribution in [2.24, 2.45) is 5.73 Å². The number of likely N-dealkylation sites (N-methyl/N-ethyl adjacent to an activating group) is 1. The number of carbonyl (C=O) groups is 1. The van der Waals surface area contributed by atoms with Crippen LogP contribution in [0.2, 0.25) is 0 Å². The maximum Gasteiger partial charge on any atom is 0.322 e. The van der Waals surface area contributed by atoms with Gasteiger partial charge in [0.1, 0.15) is 24.4 Å². The second-order valence-corrected chi connectivity index (χ2v) is 5.68. The minimum atomic E-state index is -1.75. The van der Waals surface area contributed by atoms with Crippen molar-refractivity contribution in [2.75, 3.05) is 26.7 Å². The van der Waals surface area contributed by atoms with E-state index in [1.807, 2.05) is 0 Å². The molecule has 0 saturated carbocycles. The number of aliphatic carboxylic acids is 1. The largest absolute Gasteiger partial charge is 0.480 e. The van der Waals surface area contributed by atoms with Gasteiger partial charge in [0.05, 0.1) is 12.7 Å². The number of hydrogen-bond acceptors (Lipinski definition) is 9. The molecule has 0 amide bonds. The number of aliphatic hydroxyl groups excluding tert-OH is 5. The lowest BCUT2D eigenvalue weighted by Crippen LogP contribution is -2.54.